The van der Waals surface area contributed by atoms with Crippen molar-refractivity contribution in [1.82, 2.24) is 4.90 Å². The van der Waals surface area contributed by atoms with E-state index in [4.69, 9.17) is 0 Å². The summed E-state index contributed by atoms with van der Waals surface area (Å²) in [4.78, 5) is 29.4. The zero-order chi connectivity index (χ0) is 13.8. The maximum absolute atomic E-state index is 12.1. The van der Waals surface area contributed by atoms with Crippen LogP contribution in [0.1, 0.15) is 6.42 Å². The molecule has 5 nitrogen and oxygen atoms in total. The van der Waals surface area contributed by atoms with Crippen LogP contribution in [-0.4, -0.2) is 41.2 Å². The Balaban J connectivity index is 2.06. The van der Waals surface area contributed by atoms with Crippen molar-refractivity contribution in [2.24, 2.45) is 4.99 Å². The van der Waals surface area contributed by atoms with Crippen LogP contribution < -0.4 is 5.32 Å². The molecule has 1 N–H and O–H groups in total. The monoisotopic (exact) mass is 277 g/mol. The molecule has 0 aliphatic carbocycles. The summed E-state index contributed by atoms with van der Waals surface area (Å²) in [5.74, 6) is -0.258. The lowest BCUT2D eigenvalue weighted by atomic mass is 10.2. The van der Waals surface area contributed by atoms with Gasteiger partial charge in [-0.15, -0.1) is 0 Å². The molecule has 0 radical (unpaired) electrons. The molecule has 0 saturated carbocycles. The number of aliphatic imine (C=N–C) groups is 1. The van der Waals surface area contributed by atoms with E-state index in [2.05, 4.69) is 10.3 Å². The summed E-state index contributed by atoms with van der Waals surface area (Å²) in [5, 5.41) is 2.95. The van der Waals surface area contributed by atoms with Gasteiger partial charge in [0, 0.05) is 26.2 Å². The molecule has 1 aromatic carbocycles. The van der Waals surface area contributed by atoms with Crippen LogP contribution in [-0.2, 0) is 9.59 Å². The van der Waals surface area contributed by atoms with Crippen molar-refractivity contribution in [2.75, 3.05) is 19.4 Å². The molecule has 6 heteroatoms. The van der Waals surface area contributed by atoms with Crippen molar-refractivity contribution < 1.29 is 9.59 Å². The number of nitrogens with zero attached hydrogens (tertiary/aromatic N) is 2. The minimum Gasteiger partial charge on any atom is -0.325 e. The minimum absolute atomic E-state index is 0.0902. The number of hydrogen-bond donors (Lipinski definition) is 1. The Morgan fingerprint density at radius 3 is 2.74 bits per heavy atom. The summed E-state index contributed by atoms with van der Waals surface area (Å²) in [7, 11) is 3.28. The topological polar surface area (TPSA) is 61.8 Å². The van der Waals surface area contributed by atoms with Crippen molar-refractivity contribution >= 4 is 34.4 Å². The highest BCUT2D eigenvalue weighted by Gasteiger charge is 2.33. The predicted molar refractivity (Wildman–Crippen MR) is 77.2 cm³/mol. The van der Waals surface area contributed by atoms with Crippen LogP contribution in [0.4, 0.5) is 5.69 Å². The first-order valence-electron chi connectivity index (χ1n) is 5.87. The summed E-state index contributed by atoms with van der Waals surface area (Å²) in [6.45, 7) is 0. The normalized spacial score (nSPS) is 21.6. The first kappa shape index (κ1) is 13.6. The summed E-state index contributed by atoms with van der Waals surface area (Å²) < 4.78 is 0. The largest absolute Gasteiger partial charge is 0.325 e. The molecule has 1 heterocycles. The molecular weight excluding hydrogens is 262 g/mol. The van der Waals surface area contributed by atoms with E-state index in [-0.39, 0.29) is 18.2 Å². The Morgan fingerprint density at radius 1 is 1.42 bits per heavy atom. The van der Waals surface area contributed by atoms with Gasteiger partial charge in [-0.05, 0) is 12.1 Å². The number of hydrogen-bond acceptors (Lipinski definition) is 4. The van der Waals surface area contributed by atoms with E-state index in [1.54, 1.807) is 14.1 Å². The summed E-state index contributed by atoms with van der Waals surface area (Å²) in [6.07, 6.45) is 0.193. The van der Waals surface area contributed by atoms with Crippen LogP contribution in [0, 0.1) is 0 Å². The Labute approximate surface area is 116 Å². The molecule has 19 heavy (non-hydrogen) atoms. The van der Waals surface area contributed by atoms with Gasteiger partial charge < -0.3 is 5.32 Å². The van der Waals surface area contributed by atoms with E-state index in [0.29, 0.717) is 5.17 Å². The van der Waals surface area contributed by atoms with Crippen LogP contribution in [0.5, 0.6) is 0 Å². The van der Waals surface area contributed by atoms with Crippen LogP contribution in [0.2, 0.25) is 0 Å². The number of amidine groups is 1. The molecule has 1 aromatic rings. The molecule has 0 spiro atoms. The highest BCUT2D eigenvalue weighted by atomic mass is 32.2. The Morgan fingerprint density at radius 2 is 2.11 bits per heavy atom. The molecule has 1 saturated heterocycles. The molecule has 100 valence electrons. The number of rotatable bonds is 2. The van der Waals surface area contributed by atoms with Gasteiger partial charge in [-0.2, -0.15) is 0 Å². The van der Waals surface area contributed by atoms with Gasteiger partial charge in [0.15, 0.2) is 5.17 Å². The molecule has 0 bridgehead atoms. The van der Waals surface area contributed by atoms with Gasteiger partial charge in [0.25, 0.3) is 0 Å². The smallest absolute Gasteiger partial charge is 0.238 e. The van der Waals surface area contributed by atoms with Gasteiger partial charge in [0.1, 0.15) is 5.25 Å². The third-order valence-electron chi connectivity index (χ3n) is 2.79. The molecule has 0 aromatic heterocycles. The molecule has 2 amide bonds. The number of carbonyl (C=O) groups excluding carboxylic acids is 2. The van der Waals surface area contributed by atoms with E-state index in [0.717, 1.165) is 5.69 Å². The SMILES string of the molecule is CN=C1S[C@H](C(=O)Nc2ccccc2)CC(=O)N1C. The van der Waals surface area contributed by atoms with Gasteiger partial charge in [0.05, 0.1) is 0 Å². The molecular formula is C13H15N3O2S. The van der Waals surface area contributed by atoms with Crippen molar-refractivity contribution in [3.8, 4) is 0 Å². The third kappa shape index (κ3) is 3.14. The number of amides is 2. The quantitative estimate of drug-likeness (QED) is 0.892. The highest BCUT2D eigenvalue weighted by molar-refractivity contribution is 8.15. The number of anilines is 1. The van der Waals surface area contributed by atoms with Crippen molar-refractivity contribution in [3.63, 3.8) is 0 Å². The van der Waals surface area contributed by atoms with Crippen LogP contribution in [0.25, 0.3) is 0 Å². The van der Waals surface area contributed by atoms with E-state index < -0.39 is 5.25 Å². The number of para-hydroxylation sites is 1. The summed E-state index contributed by atoms with van der Waals surface area (Å²) in [5.41, 5.74) is 0.731. The van der Waals surface area contributed by atoms with Crippen LogP contribution in [0.3, 0.4) is 0 Å². The Hall–Kier alpha value is -1.82. The summed E-state index contributed by atoms with van der Waals surface area (Å²) >= 11 is 1.31. The van der Waals surface area contributed by atoms with Crippen LogP contribution in [0.15, 0.2) is 35.3 Å². The standard InChI is InChI=1S/C13H15N3O2S/c1-14-13-16(2)11(17)8-10(19-13)12(18)15-9-6-4-3-5-7-9/h3-7,10H,8H2,1-2H3,(H,15,18)/t10-/m0/s1. The lowest BCUT2D eigenvalue weighted by Gasteiger charge is -2.28. The predicted octanol–water partition coefficient (Wildman–Crippen LogP) is 1.57. The molecule has 1 atom stereocenters. The average Bonchev–Trinajstić information content (AvgIpc) is 2.42. The lowest BCUT2D eigenvalue weighted by Crippen LogP contribution is -2.43. The number of carbonyl (C=O) groups is 2. The number of nitrogens with one attached hydrogen (secondary N) is 1. The van der Waals surface area contributed by atoms with Crippen LogP contribution >= 0.6 is 11.8 Å². The Bertz CT molecular complexity index is 516. The second kappa shape index (κ2) is 5.88. The van der Waals surface area contributed by atoms with Gasteiger partial charge in [0.2, 0.25) is 11.8 Å². The second-order valence-electron chi connectivity index (χ2n) is 4.12. The zero-order valence-corrected chi connectivity index (χ0v) is 11.6. The number of benzene rings is 1. The second-order valence-corrected chi connectivity index (χ2v) is 5.29. The summed E-state index contributed by atoms with van der Waals surface area (Å²) in [6, 6.07) is 9.21. The lowest BCUT2D eigenvalue weighted by molar-refractivity contribution is -0.128. The van der Waals surface area contributed by atoms with Crippen molar-refractivity contribution in [3.05, 3.63) is 30.3 Å². The Kier molecular flexibility index (Phi) is 4.21. The fourth-order valence-electron chi connectivity index (χ4n) is 1.74. The van der Waals surface area contributed by atoms with E-state index in [1.807, 2.05) is 30.3 Å². The average molecular weight is 277 g/mol. The molecule has 1 aliphatic rings. The highest BCUT2D eigenvalue weighted by Crippen LogP contribution is 2.26. The van der Waals surface area contributed by atoms with Crippen molar-refractivity contribution in [2.45, 2.75) is 11.7 Å². The van der Waals surface area contributed by atoms with E-state index >= 15 is 0 Å². The van der Waals surface area contributed by atoms with Gasteiger partial charge in [-0.3, -0.25) is 19.5 Å². The zero-order valence-electron chi connectivity index (χ0n) is 10.8. The number of thioether (sulfide) groups is 1. The van der Waals surface area contributed by atoms with Gasteiger partial charge >= 0.3 is 0 Å². The first-order valence-corrected chi connectivity index (χ1v) is 6.75. The maximum Gasteiger partial charge on any atom is 0.238 e. The van der Waals surface area contributed by atoms with Crippen molar-refractivity contribution in [1.29, 1.82) is 0 Å². The fraction of sp³-hybridized carbons (Fsp3) is 0.308. The van der Waals surface area contributed by atoms with Gasteiger partial charge in [-0.25, -0.2) is 0 Å². The molecule has 0 unspecified atom stereocenters. The molecule has 1 aliphatic heterocycles. The maximum atomic E-state index is 12.1. The fourth-order valence-corrected chi connectivity index (χ4v) is 2.76. The van der Waals surface area contributed by atoms with Gasteiger partial charge in [-0.1, -0.05) is 30.0 Å². The molecule has 1 fully saturated rings. The van der Waals surface area contributed by atoms with E-state index in [1.165, 1.54) is 16.7 Å². The first-order chi connectivity index (χ1) is 9.11. The molecule has 2 rings (SSSR count). The van der Waals surface area contributed by atoms with E-state index in [9.17, 15) is 9.59 Å². The minimum atomic E-state index is -0.428. The third-order valence-corrected chi connectivity index (χ3v) is 4.13.